The maximum atomic E-state index is 12.8. The summed E-state index contributed by atoms with van der Waals surface area (Å²) in [4.78, 5) is 10.5. The molecule has 0 fully saturated rings. The highest BCUT2D eigenvalue weighted by molar-refractivity contribution is 7.53. The first-order chi connectivity index (χ1) is 16.7. The van der Waals surface area contributed by atoms with Crippen LogP contribution in [0.5, 0.6) is 0 Å². The van der Waals surface area contributed by atoms with Crippen molar-refractivity contribution < 1.29 is 27.9 Å². The van der Waals surface area contributed by atoms with Gasteiger partial charge in [0, 0.05) is 20.1 Å². The average Bonchev–Trinajstić information content (AvgIpc) is 2.80. The molecule has 0 saturated carbocycles. The van der Waals surface area contributed by atoms with E-state index in [1.807, 2.05) is 28.1 Å². The van der Waals surface area contributed by atoms with Gasteiger partial charge < -0.3 is 23.4 Å². The van der Waals surface area contributed by atoms with Gasteiger partial charge in [-0.25, -0.2) is 0 Å². The zero-order chi connectivity index (χ0) is 26.4. The first kappa shape index (κ1) is 34.5. The van der Waals surface area contributed by atoms with Gasteiger partial charge in [0.05, 0.1) is 34.4 Å². The molecule has 0 aromatic heterocycles. The molecule has 0 radical (unpaired) electrons. The molecule has 3 atom stereocenters. The molecule has 1 N–H and O–H groups in total. The van der Waals surface area contributed by atoms with E-state index in [-0.39, 0.29) is 12.7 Å². The van der Waals surface area contributed by atoms with Crippen molar-refractivity contribution in [3.8, 4) is 0 Å². The Labute approximate surface area is 217 Å². The predicted molar refractivity (Wildman–Crippen MR) is 149 cm³/mol. The largest absolute Gasteiger partial charge is 0.385 e. The zero-order valence-electron chi connectivity index (χ0n) is 23.8. The van der Waals surface area contributed by atoms with Crippen LogP contribution in [-0.2, 0) is 18.6 Å². The molecule has 0 saturated heterocycles. The molecule has 0 amide bonds. The van der Waals surface area contributed by atoms with Crippen molar-refractivity contribution in [1.82, 2.24) is 0 Å². The van der Waals surface area contributed by atoms with Gasteiger partial charge in [0.2, 0.25) is 0 Å². The third-order valence-electron chi connectivity index (χ3n) is 6.11. The Balaban J connectivity index is 3.85. The van der Waals surface area contributed by atoms with Crippen LogP contribution in [0, 0.1) is 0 Å². The Bertz CT molecular complexity index is 588. The second-order valence-corrected chi connectivity index (χ2v) is 12.4. The highest BCUT2D eigenvalue weighted by Crippen LogP contribution is 2.51. The maximum absolute atomic E-state index is 12.8. The van der Waals surface area contributed by atoms with Crippen LogP contribution in [0.4, 0.5) is 0 Å². The van der Waals surface area contributed by atoms with Crippen LogP contribution in [0.2, 0.25) is 0 Å². The number of hydrogen-bond acceptors (Lipinski definition) is 4. The summed E-state index contributed by atoms with van der Waals surface area (Å²) in [5, 5.41) is 0. The number of rotatable bonds is 24. The lowest BCUT2D eigenvalue weighted by molar-refractivity contribution is -0.883. The summed E-state index contributed by atoms with van der Waals surface area (Å²) in [6.07, 6.45) is 23.6. The second kappa shape index (κ2) is 21.6. The minimum atomic E-state index is -3.76. The average molecular weight is 519 g/mol. The number of quaternary nitrogens is 1. The van der Waals surface area contributed by atoms with E-state index in [9.17, 15) is 9.46 Å². The molecule has 0 heterocycles. The Morgan fingerprint density at radius 3 is 1.83 bits per heavy atom. The fraction of sp³-hybridized carbons (Fsp3) is 0.857. The summed E-state index contributed by atoms with van der Waals surface area (Å²) < 4.78 is 29.8. The van der Waals surface area contributed by atoms with Crippen molar-refractivity contribution in [3.05, 3.63) is 24.3 Å². The monoisotopic (exact) mass is 518 g/mol. The summed E-state index contributed by atoms with van der Waals surface area (Å²) in [6, 6.07) is 0. The number of nitrogens with zero attached hydrogens (tertiary/aromatic N) is 1. The highest BCUT2D eigenvalue weighted by atomic mass is 31.2. The van der Waals surface area contributed by atoms with Crippen molar-refractivity contribution in [1.29, 1.82) is 0 Å². The van der Waals surface area contributed by atoms with Crippen LogP contribution < -0.4 is 0 Å². The van der Waals surface area contributed by atoms with Gasteiger partial charge in [-0.3, -0.25) is 4.57 Å². The van der Waals surface area contributed by atoms with Gasteiger partial charge in [-0.1, -0.05) is 57.4 Å². The molecule has 0 aliphatic rings. The lowest BCUT2D eigenvalue weighted by atomic mass is 10.1. The number of hydrogen-bond donors (Lipinski definition) is 1. The number of methoxy groups -OCH3 is 1. The van der Waals surface area contributed by atoms with Gasteiger partial charge in [0.15, 0.2) is 5.78 Å². The number of unbranched alkanes of at least 4 members (excludes halogenated alkanes) is 8. The van der Waals surface area contributed by atoms with E-state index >= 15 is 0 Å². The first-order valence-corrected chi connectivity index (χ1v) is 15.5. The summed E-state index contributed by atoms with van der Waals surface area (Å²) in [5.74, 6) is -0.447. The Morgan fingerprint density at radius 2 is 1.34 bits per heavy atom. The van der Waals surface area contributed by atoms with Gasteiger partial charge in [0.1, 0.15) is 6.10 Å². The van der Waals surface area contributed by atoms with Crippen LogP contribution in [0.1, 0.15) is 97.3 Å². The molecule has 0 rings (SSSR count). The van der Waals surface area contributed by atoms with E-state index in [1.165, 1.54) is 51.4 Å². The van der Waals surface area contributed by atoms with Gasteiger partial charge in [-0.2, -0.15) is 0 Å². The molecule has 0 bridgehead atoms. The van der Waals surface area contributed by atoms with E-state index in [2.05, 4.69) is 31.2 Å². The number of ether oxygens (including phenoxy) is 2. The molecule has 0 aromatic rings. The van der Waals surface area contributed by atoms with Gasteiger partial charge in [0.25, 0.3) is 0 Å². The van der Waals surface area contributed by atoms with E-state index in [0.717, 1.165) is 25.7 Å². The quantitative estimate of drug-likeness (QED) is 0.0621. The lowest BCUT2D eigenvalue weighted by Gasteiger charge is -2.36. The molecule has 35 heavy (non-hydrogen) atoms. The molecular weight excluding hydrogens is 461 g/mol. The highest BCUT2D eigenvalue weighted by Gasteiger charge is 2.42. The van der Waals surface area contributed by atoms with Crippen molar-refractivity contribution in [2.45, 2.75) is 109 Å². The predicted octanol–water partition coefficient (Wildman–Crippen LogP) is 7.48. The second-order valence-electron chi connectivity index (χ2n) is 10.4. The SMILES string of the molecule is CCCC/C=C\CCCC/C=C\CCCCCOC[C@H](COP(=O)(O)C(CCC)[N+](C)(C)C)OC. The Hall–Kier alpha value is -0.490. The molecule has 0 aliphatic heterocycles. The smallest absolute Gasteiger partial charge is 0.379 e. The molecule has 6 nitrogen and oxygen atoms in total. The third-order valence-corrected chi connectivity index (χ3v) is 8.33. The fourth-order valence-electron chi connectivity index (χ4n) is 3.88. The summed E-state index contributed by atoms with van der Waals surface area (Å²) in [7, 11) is 3.60. The summed E-state index contributed by atoms with van der Waals surface area (Å²) in [5.41, 5.74) is 0. The van der Waals surface area contributed by atoms with Gasteiger partial charge >= 0.3 is 7.60 Å². The zero-order valence-corrected chi connectivity index (χ0v) is 24.6. The molecular formula is C28H57NO5P+. The van der Waals surface area contributed by atoms with Crippen LogP contribution in [-0.4, -0.2) is 69.3 Å². The lowest BCUT2D eigenvalue weighted by Crippen LogP contribution is -2.45. The fourth-order valence-corrected chi connectivity index (χ4v) is 5.89. The molecule has 0 aliphatic carbocycles. The normalized spacial score (nSPS) is 16.2. The van der Waals surface area contributed by atoms with Crippen LogP contribution >= 0.6 is 7.60 Å². The number of allylic oxidation sites excluding steroid dienone is 4. The Morgan fingerprint density at radius 1 is 0.800 bits per heavy atom. The first-order valence-electron chi connectivity index (χ1n) is 13.9. The minimum Gasteiger partial charge on any atom is -0.379 e. The van der Waals surface area contributed by atoms with Crippen molar-refractivity contribution in [2.24, 2.45) is 0 Å². The summed E-state index contributed by atoms with van der Waals surface area (Å²) >= 11 is 0. The van der Waals surface area contributed by atoms with Crippen LogP contribution in [0.15, 0.2) is 24.3 Å². The Kier molecular flexibility index (Phi) is 21.3. The topological polar surface area (TPSA) is 65.0 Å². The molecule has 0 spiro atoms. The molecule has 208 valence electrons. The molecule has 0 aromatic carbocycles. The van der Waals surface area contributed by atoms with Gasteiger partial charge in [-0.15, -0.1) is 0 Å². The maximum Gasteiger partial charge on any atom is 0.385 e. The van der Waals surface area contributed by atoms with Crippen molar-refractivity contribution in [3.63, 3.8) is 0 Å². The van der Waals surface area contributed by atoms with Gasteiger partial charge in [-0.05, 0) is 57.8 Å². The standard InChI is InChI=1S/C28H56NO5P/c1-7-9-10-11-12-13-14-15-16-17-18-19-20-21-22-24-33-25-27(32-6)26-34-35(30,31)28(23-8-2)29(3,4)5/h11-12,17-18,27-28H,7-10,13-16,19-26H2,1-6H3/p+1/b12-11-,18-17-/t27-,28?/m1/s1. The van der Waals surface area contributed by atoms with Crippen molar-refractivity contribution >= 4 is 7.60 Å². The summed E-state index contributed by atoms with van der Waals surface area (Å²) in [6.45, 7) is 5.35. The van der Waals surface area contributed by atoms with Crippen molar-refractivity contribution in [2.75, 3.05) is 48.1 Å². The van der Waals surface area contributed by atoms with E-state index < -0.39 is 13.4 Å². The molecule has 7 heteroatoms. The minimum absolute atomic E-state index is 0.0600. The van der Waals surface area contributed by atoms with Crippen LogP contribution in [0.3, 0.4) is 0 Å². The van der Waals surface area contributed by atoms with E-state index in [4.69, 9.17) is 14.0 Å². The third kappa shape index (κ3) is 19.3. The van der Waals surface area contributed by atoms with E-state index in [1.54, 1.807) is 7.11 Å². The molecule has 2 unspecified atom stereocenters. The van der Waals surface area contributed by atoms with E-state index in [0.29, 0.717) is 24.1 Å². The van der Waals surface area contributed by atoms with Crippen LogP contribution in [0.25, 0.3) is 0 Å².